The van der Waals surface area contributed by atoms with Crippen LogP contribution in [0.4, 0.5) is 4.39 Å². The zero-order chi connectivity index (χ0) is 23.3. The van der Waals surface area contributed by atoms with Gasteiger partial charge in [-0.15, -0.1) is 0 Å². The van der Waals surface area contributed by atoms with Crippen molar-refractivity contribution in [1.82, 2.24) is 19.7 Å². The molecule has 10 heteroatoms. The van der Waals surface area contributed by atoms with Crippen LogP contribution in [0.2, 0.25) is 0 Å². The molecule has 0 aliphatic heterocycles. The van der Waals surface area contributed by atoms with E-state index in [-0.39, 0.29) is 12.2 Å². The standard InChI is InChI=1S/C22H23FN4O5/c1-4-10-24-20(28)19-21(29)26(13-14-6-5-7-15(23)11-14)22(30)27(25-19)16-8-9-17(31-2)18(12-16)32-3/h5-9,11-12H,4,10,13H2,1-3H3,(H,24,28). The molecule has 1 heterocycles. The molecular formula is C22H23FN4O5. The Hall–Kier alpha value is -3.95. The number of hydrogen-bond donors (Lipinski definition) is 1. The van der Waals surface area contributed by atoms with E-state index in [0.717, 1.165) is 9.25 Å². The second-order valence-electron chi connectivity index (χ2n) is 6.86. The Balaban J connectivity index is 2.21. The Kier molecular flexibility index (Phi) is 7.04. The van der Waals surface area contributed by atoms with Crippen LogP contribution in [0.1, 0.15) is 29.4 Å². The fourth-order valence-corrected chi connectivity index (χ4v) is 3.06. The summed E-state index contributed by atoms with van der Waals surface area (Å²) in [5.74, 6) is -0.457. The number of carbonyl (C=O) groups is 1. The number of ether oxygens (including phenoxy) is 2. The number of rotatable bonds is 8. The Bertz CT molecular complexity index is 1250. The molecule has 0 bridgehead atoms. The monoisotopic (exact) mass is 442 g/mol. The molecule has 1 amide bonds. The summed E-state index contributed by atoms with van der Waals surface area (Å²) in [4.78, 5) is 38.8. The minimum atomic E-state index is -0.871. The second-order valence-corrected chi connectivity index (χ2v) is 6.86. The molecule has 0 atom stereocenters. The lowest BCUT2D eigenvalue weighted by Crippen LogP contribution is -2.46. The van der Waals surface area contributed by atoms with Gasteiger partial charge in [0.15, 0.2) is 11.5 Å². The van der Waals surface area contributed by atoms with Gasteiger partial charge in [-0.25, -0.2) is 9.18 Å². The summed E-state index contributed by atoms with van der Waals surface area (Å²) in [5.41, 5.74) is -1.48. The summed E-state index contributed by atoms with van der Waals surface area (Å²) < 4.78 is 25.9. The van der Waals surface area contributed by atoms with Gasteiger partial charge in [-0.05, 0) is 36.2 Å². The van der Waals surface area contributed by atoms with Gasteiger partial charge < -0.3 is 14.8 Å². The molecule has 9 nitrogen and oxygen atoms in total. The molecule has 0 radical (unpaired) electrons. The van der Waals surface area contributed by atoms with Crippen LogP contribution in [-0.2, 0) is 6.54 Å². The van der Waals surface area contributed by atoms with Crippen molar-refractivity contribution in [1.29, 1.82) is 0 Å². The fourth-order valence-electron chi connectivity index (χ4n) is 3.06. The molecule has 0 spiro atoms. The van der Waals surface area contributed by atoms with Crippen molar-refractivity contribution >= 4 is 5.91 Å². The summed E-state index contributed by atoms with van der Waals surface area (Å²) >= 11 is 0. The average molecular weight is 442 g/mol. The number of hydrogen-bond acceptors (Lipinski definition) is 6. The van der Waals surface area contributed by atoms with Crippen molar-refractivity contribution in [3.05, 3.63) is 80.4 Å². The molecular weight excluding hydrogens is 419 g/mol. The number of nitrogens with one attached hydrogen (secondary N) is 1. The molecule has 0 saturated carbocycles. The van der Waals surface area contributed by atoms with Crippen LogP contribution in [-0.4, -0.2) is 41.0 Å². The van der Waals surface area contributed by atoms with E-state index in [2.05, 4.69) is 10.4 Å². The number of aromatic nitrogens is 3. The first-order chi connectivity index (χ1) is 15.4. The Morgan fingerprint density at radius 3 is 2.50 bits per heavy atom. The third kappa shape index (κ3) is 4.69. The smallest absolute Gasteiger partial charge is 0.352 e. The van der Waals surface area contributed by atoms with Crippen LogP contribution >= 0.6 is 0 Å². The van der Waals surface area contributed by atoms with Crippen molar-refractivity contribution in [3.8, 4) is 17.2 Å². The summed E-state index contributed by atoms with van der Waals surface area (Å²) in [5, 5.41) is 6.63. The molecule has 3 rings (SSSR count). The van der Waals surface area contributed by atoms with Crippen LogP contribution in [0.5, 0.6) is 11.5 Å². The van der Waals surface area contributed by atoms with Gasteiger partial charge in [0.2, 0.25) is 5.69 Å². The summed E-state index contributed by atoms with van der Waals surface area (Å²) in [6.07, 6.45) is 0.651. The highest BCUT2D eigenvalue weighted by Gasteiger charge is 2.21. The van der Waals surface area contributed by atoms with E-state index < -0.39 is 28.7 Å². The largest absolute Gasteiger partial charge is 0.493 e. The van der Waals surface area contributed by atoms with Crippen molar-refractivity contribution in [2.45, 2.75) is 19.9 Å². The predicted molar refractivity (Wildman–Crippen MR) is 115 cm³/mol. The Morgan fingerprint density at radius 2 is 1.84 bits per heavy atom. The number of halogens is 1. The lowest BCUT2D eigenvalue weighted by atomic mass is 10.2. The first kappa shape index (κ1) is 22.7. The number of amides is 1. The van der Waals surface area contributed by atoms with Crippen molar-refractivity contribution in [2.24, 2.45) is 0 Å². The van der Waals surface area contributed by atoms with Crippen LogP contribution in [0, 0.1) is 5.82 Å². The highest BCUT2D eigenvalue weighted by Crippen LogP contribution is 2.28. The minimum Gasteiger partial charge on any atom is -0.493 e. The van der Waals surface area contributed by atoms with Gasteiger partial charge >= 0.3 is 5.69 Å². The van der Waals surface area contributed by atoms with E-state index >= 15 is 0 Å². The van der Waals surface area contributed by atoms with Gasteiger partial charge in [0.1, 0.15) is 5.82 Å². The fraction of sp³-hybridized carbons (Fsp3) is 0.273. The van der Waals surface area contributed by atoms with Crippen molar-refractivity contribution < 1.29 is 18.7 Å². The van der Waals surface area contributed by atoms with Crippen molar-refractivity contribution in [3.63, 3.8) is 0 Å². The molecule has 0 fully saturated rings. The Morgan fingerprint density at radius 1 is 1.09 bits per heavy atom. The zero-order valence-electron chi connectivity index (χ0n) is 17.9. The van der Waals surface area contributed by atoms with E-state index in [1.54, 1.807) is 18.2 Å². The predicted octanol–water partition coefficient (Wildman–Crippen LogP) is 1.74. The van der Waals surface area contributed by atoms with E-state index in [9.17, 15) is 18.8 Å². The number of methoxy groups -OCH3 is 2. The molecule has 3 aromatic rings. The molecule has 168 valence electrons. The van der Waals surface area contributed by atoms with Gasteiger partial charge in [-0.1, -0.05) is 19.1 Å². The molecule has 0 aliphatic rings. The number of benzene rings is 2. The summed E-state index contributed by atoms with van der Waals surface area (Å²) in [6, 6.07) is 10.1. The summed E-state index contributed by atoms with van der Waals surface area (Å²) in [6.45, 7) is 1.96. The zero-order valence-corrected chi connectivity index (χ0v) is 17.9. The van der Waals surface area contributed by atoms with E-state index in [1.165, 1.54) is 38.5 Å². The quantitative estimate of drug-likeness (QED) is 0.570. The molecule has 1 N–H and O–H groups in total. The molecule has 0 saturated heterocycles. The first-order valence-corrected chi connectivity index (χ1v) is 9.88. The molecule has 0 aliphatic carbocycles. The van der Waals surface area contributed by atoms with Gasteiger partial charge in [0.05, 0.1) is 26.5 Å². The van der Waals surface area contributed by atoms with Gasteiger partial charge in [-0.2, -0.15) is 9.78 Å². The SMILES string of the molecule is CCCNC(=O)c1nn(-c2ccc(OC)c(OC)c2)c(=O)n(Cc2cccc(F)c2)c1=O. The second kappa shape index (κ2) is 9.90. The number of carbonyl (C=O) groups excluding carboxylic acids is 1. The molecule has 0 unspecified atom stereocenters. The maximum atomic E-state index is 13.6. The van der Waals surface area contributed by atoms with Gasteiger partial charge in [-0.3, -0.25) is 14.2 Å². The third-order valence-corrected chi connectivity index (χ3v) is 4.65. The Labute approximate surface area is 183 Å². The van der Waals surface area contributed by atoms with E-state index in [4.69, 9.17) is 9.47 Å². The van der Waals surface area contributed by atoms with Gasteiger partial charge in [0, 0.05) is 12.6 Å². The third-order valence-electron chi connectivity index (χ3n) is 4.65. The highest BCUT2D eigenvalue weighted by molar-refractivity contribution is 5.91. The lowest BCUT2D eigenvalue weighted by molar-refractivity contribution is 0.0944. The average Bonchev–Trinajstić information content (AvgIpc) is 2.80. The highest BCUT2D eigenvalue weighted by atomic mass is 19.1. The van der Waals surface area contributed by atoms with Crippen LogP contribution < -0.4 is 26.0 Å². The maximum absolute atomic E-state index is 13.6. The lowest BCUT2D eigenvalue weighted by Gasteiger charge is -2.14. The van der Waals surface area contributed by atoms with Crippen LogP contribution in [0.3, 0.4) is 0 Å². The molecule has 32 heavy (non-hydrogen) atoms. The maximum Gasteiger partial charge on any atom is 0.352 e. The topological polar surface area (TPSA) is 104 Å². The van der Waals surface area contributed by atoms with Crippen LogP contribution in [0.25, 0.3) is 5.69 Å². The molecule has 2 aromatic carbocycles. The minimum absolute atomic E-state index is 0.237. The van der Waals surface area contributed by atoms with E-state index in [0.29, 0.717) is 30.0 Å². The van der Waals surface area contributed by atoms with Crippen LogP contribution in [0.15, 0.2) is 52.1 Å². The normalized spacial score (nSPS) is 10.6. The summed E-state index contributed by atoms with van der Waals surface area (Å²) in [7, 11) is 2.91. The van der Waals surface area contributed by atoms with Crippen molar-refractivity contribution in [2.75, 3.05) is 20.8 Å². The van der Waals surface area contributed by atoms with Gasteiger partial charge in [0.25, 0.3) is 11.5 Å². The van der Waals surface area contributed by atoms with E-state index in [1.807, 2.05) is 6.92 Å². The number of nitrogens with zero attached hydrogens (tertiary/aromatic N) is 3. The first-order valence-electron chi connectivity index (χ1n) is 9.88. The molecule has 1 aromatic heterocycles.